The fourth-order valence-electron chi connectivity index (χ4n) is 2.27. The minimum absolute atomic E-state index is 0.0190. The first-order valence-corrected chi connectivity index (χ1v) is 8.08. The molecule has 1 amide bonds. The van der Waals surface area contributed by atoms with E-state index in [2.05, 4.69) is 10.3 Å². The Morgan fingerprint density at radius 3 is 2.81 bits per heavy atom. The third-order valence-corrected chi connectivity index (χ3v) is 4.34. The van der Waals surface area contributed by atoms with E-state index in [-0.39, 0.29) is 28.4 Å². The second kappa shape index (κ2) is 7.01. The van der Waals surface area contributed by atoms with Crippen molar-refractivity contribution >= 4 is 22.4 Å². The van der Waals surface area contributed by atoms with Crippen LogP contribution < -0.4 is 5.32 Å². The van der Waals surface area contributed by atoms with Gasteiger partial charge < -0.3 is 4.42 Å². The summed E-state index contributed by atoms with van der Waals surface area (Å²) >= 11 is 1.07. The van der Waals surface area contributed by atoms with E-state index in [1.54, 1.807) is 12.1 Å². The summed E-state index contributed by atoms with van der Waals surface area (Å²) in [7, 11) is 0. The van der Waals surface area contributed by atoms with Crippen molar-refractivity contribution in [3.05, 3.63) is 70.1 Å². The van der Waals surface area contributed by atoms with Gasteiger partial charge in [-0.05, 0) is 29.8 Å². The Balaban J connectivity index is 1.79. The fraction of sp³-hybridized carbons (Fsp3) is 0.118. The second-order valence-electron chi connectivity index (χ2n) is 5.22. The average molecular weight is 377 g/mol. The molecular formula is C17H10F3N3O2S. The number of nitrogens with zero attached hydrogens (tertiary/aromatic N) is 2. The van der Waals surface area contributed by atoms with Crippen LogP contribution in [-0.2, 0) is 12.6 Å². The molecule has 0 fully saturated rings. The monoisotopic (exact) mass is 377 g/mol. The maximum Gasteiger partial charge on any atom is 0.416 e. The molecule has 0 aliphatic carbocycles. The second-order valence-corrected chi connectivity index (χ2v) is 6.34. The number of halogens is 3. The lowest BCUT2D eigenvalue weighted by Gasteiger charge is -2.12. The van der Waals surface area contributed by atoms with E-state index in [1.165, 1.54) is 30.7 Å². The molecule has 26 heavy (non-hydrogen) atoms. The molecule has 3 rings (SSSR count). The van der Waals surface area contributed by atoms with Crippen LogP contribution in [0.2, 0.25) is 0 Å². The fourth-order valence-corrected chi connectivity index (χ4v) is 3.10. The molecule has 0 radical (unpaired) electrons. The first-order chi connectivity index (χ1) is 12.4. The molecule has 3 aromatic rings. The van der Waals surface area contributed by atoms with Crippen LogP contribution in [-0.4, -0.2) is 10.9 Å². The summed E-state index contributed by atoms with van der Waals surface area (Å²) in [6, 6.07) is 8.19. The van der Waals surface area contributed by atoms with Gasteiger partial charge >= 0.3 is 6.18 Å². The molecule has 0 saturated carbocycles. The third kappa shape index (κ3) is 3.92. The minimum atomic E-state index is -4.57. The molecule has 9 heteroatoms. The topological polar surface area (TPSA) is 78.9 Å². The highest BCUT2D eigenvalue weighted by Crippen LogP contribution is 2.34. The first kappa shape index (κ1) is 17.7. The maximum absolute atomic E-state index is 13.2. The van der Waals surface area contributed by atoms with Gasteiger partial charge in [0, 0.05) is 17.5 Å². The number of carbonyl (C=O) groups is 1. The molecule has 0 atom stereocenters. The summed E-state index contributed by atoms with van der Waals surface area (Å²) < 4.78 is 44.6. The van der Waals surface area contributed by atoms with Crippen molar-refractivity contribution < 1.29 is 22.4 Å². The van der Waals surface area contributed by atoms with Crippen molar-refractivity contribution in [2.45, 2.75) is 12.6 Å². The number of anilines is 1. The number of rotatable bonds is 4. The molecule has 132 valence electrons. The van der Waals surface area contributed by atoms with Gasteiger partial charge in [-0.2, -0.15) is 18.4 Å². The van der Waals surface area contributed by atoms with Gasteiger partial charge in [0.25, 0.3) is 5.91 Å². The predicted molar refractivity (Wildman–Crippen MR) is 87.7 cm³/mol. The molecule has 1 N–H and O–H groups in total. The predicted octanol–water partition coefficient (Wildman–Crippen LogP) is 4.47. The van der Waals surface area contributed by atoms with Gasteiger partial charge in [0.1, 0.15) is 0 Å². The summed E-state index contributed by atoms with van der Waals surface area (Å²) in [6.45, 7) is 0. The van der Waals surface area contributed by atoms with Crippen LogP contribution in [0.5, 0.6) is 0 Å². The van der Waals surface area contributed by atoms with Crippen LogP contribution in [0, 0.1) is 11.3 Å². The zero-order valence-electron chi connectivity index (χ0n) is 13.0. The third-order valence-electron chi connectivity index (χ3n) is 3.43. The molecular weight excluding hydrogens is 367 g/mol. The summed E-state index contributed by atoms with van der Waals surface area (Å²) in [5, 5.41) is 11.6. The van der Waals surface area contributed by atoms with Crippen LogP contribution in [0.25, 0.3) is 0 Å². The molecule has 1 aromatic carbocycles. The number of aromatic nitrogens is 1. The number of benzene rings is 1. The molecule has 0 spiro atoms. The lowest BCUT2D eigenvalue weighted by molar-refractivity contribution is -0.138. The van der Waals surface area contributed by atoms with Crippen LogP contribution in [0.15, 0.2) is 47.2 Å². The Labute approximate surface area is 149 Å². The summed E-state index contributed by atoms with van der Waals surface area (Å²) in [4.78, 5) is 16.4. The Morgan fingerprint density at radius 2 is 2.15 bits per heavy atom. The summed E-state index contributed by atoms with van der Waals surface area (Å²) in [6.07, 6.45) is -1.83. The number of hydrogen-bond acceptors (Lipinski definition) is 5. The number of alkyl halides is 3. The zero-order chi connectivity index (χ0) is 18.7. The van der Waals surface area contributed by atoms with Gasteiger partial charge in [-0.15, -0.1) is 11.3 Å². The van der Waals surface area contributed by atoms with Gasteiger partial charge in [-0.1, -0.05) is 6.07 Å². The van der Waals surface area contributed by atoms with Gasteiger partial charge in [-0.25, -0.2) is 4.98 Å². The molecule has 0 unspecified atom stereocenters. The average Bonchev–Trinajstić information content (AvgIpc) is 3.26. The van der Waals surface area contributed by atoms with Crippen molar-refractivity contribution in [3.63, 3.8) is 0 Å². The molecule has 2 aromatic heterocycles. The number of thiazole rings is 1. The number of nitriles is 1. The lowest BCUT2D eigenvalue weighted by Crippen LogP contribution is -2.10. The van der Waals surface area contributed by atoms with E-state index in [4.69, 9.17) is 9.68 Å². The van der Waals surface area contributed by atoms with E-state index in [9.17, 15) is 18.0 Å². The first-order valence-electron chi connectivity index (χ1n) is 7.26. The highest BCUT2D eigenvalue weighted by atomic mass is 32.1. The van der Waals surface area contributed by atoms with Gasteiger partial charge in [0.05, 0.1) is 23.5 Å². The summed E-state index contributed by atoms with van der Waals surface area (Å²) in [5.41, 5.74) is -0.882. The Morgan fingerprint density at radius 1 is 1.35 bits per heavy atom. The smallest absolute Gasteiger partial charge is 0.416 e. The van der Waals surface area contributed by atoms with Crippen molar-refractivity contribution in [2.24, 2.45) is 0 Å². The lowest BCUT2D eigenvalue weighted by atomic mass is 10.0. The standard InChI is InChI=1S/C17H10F3N3O2S/c18-17(19,20)13-6-10(8-21)3-4-11(13)7-12-9-22-16(26-12)23-15(24)14-2-1-5-25-14/h1-6,9H,7H2,(H,22,23,24). The molecule has 0 saturated heterocycles. The minimum Gasteiger partial charge on any atom is -0.459 e. The van der Waals surface area contributed by atoms with Crippen LogP contribution in [0.1, 0.15) is 32.1 Å². The SMILES string of the molecule is N#Cc1ccc(Cc2cnc(NC(=O)c3ccco3)s2)c(C(F)(F)F)c1. The Bertz CT molecular complexity index is 972. The maximum atomic E-state index is 13.2. The van der Waals surface area contributed by atoms with E-state index in [1.807, 2.05) is 0 Å². The van der Waals surface area contributed by atoms with Gasteiger partial charge in [0.15, 0.2) is 10.9 Å². The normalized spacial score (nSPS) is 11.2. The molecule has 0 bridgehead atoms. The highest BCUT2D eigenvalue weighted by Gasteiger charge is 2.33. The van der Waals surface area contributed by atoms with Crippen LogP contribution in [0.3, 0.4) is 0 Å². The van der Waals surface area contributed by atoms with Crippen molar-refractivity contribution in [1.29, 1.82) is 5.26 Å². The van der Waals surface area contributed by atoms with E-state index in [0.29, 0.717) is 4.88 Å². The van der Waals surface area contributed by atoms with Gasteiger partial charge in [0.2, 0.25) is 0 Å². The van der Waals surface area contributed by atoms with E-state index >= 15 is 0 Å². The molecule has 2 heterocycles. The molecule has 0 aliphatic rings. The number of furan rings is 1. The van der Waals surface area contributed by atoms with Crippen LogP contribution in [0.4, 0.5) is 18.3 Å². The molecule has 5 nitrogen and oxygen atoms in total. The van der Waals surface area contributed by atoms with Gasteiger partial charge in [-0.3, -0.25) is 10.1 Å². The quantitative estimate of drug-likeness (QED) is 0.728. The highest BCUT2D eigenvalue weighted by molar-refractivity contribution is 7.15. The van der Waals surface area contributed by atoms with Crippen LogP contribution >= 0.6 is 11.3 Å². The number of amides is 1. The van der Waals surface area contributed by atoms with E-state index in [0.717, 1.165) is 17.4 Å². The van der Waals surface area contributed by atoms with E-state index < -0.39 is 17.6 Å². The molecule has 0 aliphatic heterocycles. The Hall–Kier alpha value is -3.12. The summed E-state index contributed by atoms with van der Waals surface area (Å²) in [5.74, 6) is -0.390. The largest absolute Gasteiger partial charge is 0.459 e. The van der Waals surface area contributed by atoms with Crippen molar-refractivity contribution in [3.8, 4) is 6.07 Å². The Kier molecular flexibility index (Phi) is 4.77. The van der Waals surface area contributed by atoms with Crippen molar-refractivity contribution in [2.75, 3.05) is 5.32 Å². The van der Waals surface area contributed by atoms with Crippen molar-refractivity contribution in [1.82, 2.24) is 4.98 Å². The zero-order valence-corrected chi connectivity index (χ0v) is 13.8. The number of nitrogens with one attached hydrogen (secondary N) is 1. The number of carbonyl (C=O) groups excluding carboxylic acids is 1. The number of hydrogen-bond donors (Lipinski definition) is 1.